The van der Waals surface area contributed by atoms with E-state index in [0.717, 1.165) is 0 Å². The number of carbonyl (C=O) groups is 2. The lowest BCUT2D eigenvalue weighted by molar-refractivity contribution is -0.135. The van der Waals surface area contributed by atoms with Crippen LogP contribution in [0.5, 0.6) is 11.5 Å². The number of likely N-dealkylation sites (N-methyl/N-ethyl adjacent to an activating group) is 1. The van der Waals surface area contributed by atoms with Crippen LogP contribution in [0, 0.1) is 0 Å². The summed E-state index contributed by atoms with van der Waals surface area (Å²) < 4.78 is 10.5. The predicted octanol–water partition coefficient (Wildman–Crippen LogP) is 1.75. The molecule has 1 aliphatic rings. The molecule has 3 rings (SSSR count). The summed E-state index contributed by atoms with van der Waals surface area (Å²) in [5.41, 5.74) is -0.0975. The van der Waals surface area contributed by atoms with E-state index in [9.17, 15) is 14.7 Å². The molecule has 142 valence electrons. The van der Waals surface area contributed by atoms with Gasteiger partial charge in [-0.2, -0.15) is 0 Å². The van der Waals surface area contributed by atoms with Crippen LogP contribution in [0.15, 0.2) is 42.5 Å². The van der Waals surface area contributed by atoms with Crippen molar-refractivity contribution in [2.24, 2.45) is 0 Å². The van der Waals surface area contributed by atoms with Crippen molar-refractivity contribution in [1.29, 1.82) is 0 Å². The number of nitrogens with one attached hydrogen (secondary N) is 1. The number of para-hydroxylation sites is 1. The first-order valence-electron chi connectivity index (χ1n) is 8.42. The third-order valence-corrected chi connectivity index (χ3v) is 4.81. The Morgan fingerprint density at radius 1 is 1.15 bits per heavy atom. The molecule has 2 amide bonds. The smallest absolute Gasteiger partial charge is 0.260 e. The van der Waals surface area contributed by atoms with E-state index in [4.69, 9.17) is 9.47 Å². The number of hydrogen-bond donors (Lipinski definition) is 2. The van der Waals surface area contributed by atoms with Gasteiger partial charge in [0.2, 0.25) is 5.91 Å². The van der Waals surface area contributed by atoms with Crippen LogP contribution in [0.25, 0.3) is 0 Å². The van der Waals surface area contributed by atoms with Crippen molar-refractivity contribution >= 4 is 17.5 Å². The van der Waals surface area contributed by atoms with Gasteiger partial charge in [0.1, 0.15) is 17.6 Å². The van der Waals surface area contributed by atoms with Gasteiger partial charge in [-0.05, 0) is 23.8 Å². The average Bonchev–Trinajstić information content (AvgIpc) is 2.89. The maximum absolute atomic E-state index is 13.2. The van der Waals surface area contributed by atoms with Crippen molar-refractivity contribution in [3.8, 4) is 11.5 Å². The van der Waals surface area contributed by atoms with Gasteiger partial charge in [0.25, 0.3) is 5.91 Å². The van der Waals surface area contributed by atoms with Crippen LogP contribution in [-0.4, -0.2) is 38.2 Å². The minimum absolute atomic E-state index is 0.387. The minimum atomic E-state index is -1.64. The molecular formula is C20H22N2O5. The predicted molar refractivity (Wildman–Crippen MR) is 99.9 cm³/mol. The minimum Gasteiger partial charge on any atom is -0.497 e. The van der Waals surface area contributed by atoms with E-state index < -0.39 is 23.5 Å². The van der Waals surface area contributed by atoms with Gasteiger partial charge in [0.15, 0.2) is 5.54 Å². The van der Waals surface area contributed by atoms with Crippen LogP contribution < -0.4 is 19.7 Å². The number of methoxy groups -OCH3 is 2. The van der Waals surface area contributed by atoms with Crippen molar-refractivity contribution in [3.63, 3.8) is 0 Å². The fraction of sp³-hybridized carbons (Fsp3) is 0.300. The van der Waals surface area contributed by atoms with Crippen molar-refractivity contribution in [2.45, 2.75) is 18.6 Å². The normalized spacial score (nSPS) is 19.4. The Morgan fingerprint density at radius 2 is 1.74 bits per heavy atom. The molecule has 7 heteroatoms. The van der Waals surface area contributed by atoms with E-state index in [1.54, 1.807) is 49.5 Å². The Hall–Kier alpha value is -3.06. The Labute approximate surface area is 157 Å². The fourth-order valence-electron chi connectivity index (χ4n) is 3.56. The molecule has 2 N–H and O–H groups in total. The van der Waals surface area contributed by atoms with Crippen LogP contribution in [0.2, 0.25) is 0 Å². The van der Waals surface area contributed by atoms with E-state index >= 15 is 0 Å². The molecule has 2 aromatic carbocycles. The zero-order valence-corrected chi connectivity index (χ0v) is 15.6. The Kier molecular flexibility index (Phi) is 4.80. The monoisotopic (exact) mass is 370 g/mol. The summed E-state index contributed by atoms with van der Waals surface area (Å²) in [5, 5.41) is 14.0. The molecule has 27 heavy (non-hydrogen) atoms. The Balaban J connectivity index is 2.23. The average molecular weight is 370 g/mol. The summed E-state index contributed by atoms with van der Waals surface area (Å²) in [7, 11) is 4.61. The SMILES string of the molecule is COc1cc(OC)cc([C@@H](O)[C@]2(NC(C)=O)C(=O)N(C)c3ccccc32)c1. The van der Waals surface area contributed by atoms with Crippen LogP contribution in [0.4, 0.5) is 5.69 Å². The van der Waals surface area contributed by atoms with E-state index in [1.807, 2.05) is 0 Å². The van der Waals surface area contributed by atoms with Crippen LogP contribution >= 0.6 is 0 Å². The summed E-state index contributed by atoms with van der Waals surface area (Å²) in [4.78, 5) is 26.7. The quantitative estimate of drug-likeness (QED) is 0.837. The number of hydrogen-bond acceptors (Lipinski definition) is 5. The summed E-state index contributed by atoms with van der Waals surface area (Å²) in [6, 6.07) is 12.0. The number of benzene rings is 2. The number of ether oxygens (including phenoxy) is 2. The first-order chi connectivity index (χ1) is 12.8. The maximum atomic E-state index is 13.2. The number of rotatable bonds is 5. The lowest BCUT2D eigenvalue weighted by Crippen LogP contribution is -2.55. The number of carbonyl (C=O) groups excluding carboxylic acids is 2. The molecule has 0 aromatic heterocycles. The molecule has 0 fully saturated rings. The van der Waals surface area contributed by atoms with Gasteiger partial charge in [0, 0.05) is 31.3 Å². The number of nitrogens with zero attached hydrogens (tertiary/aromatic N) is 1. The van der Waals surface area contributed by atoms with Crippen LogP contribution in [-0.2, 0) is 15.1 Å². The first kappa shape index (κ1) is 18.7. The summed E-state index contributed by atoms with van der Waals surface area (Å²) >= 11 is 0. The number of aliphatic hydroxyl groups is 1. The van der Waals surface area contributed by atoms with E-state index in [2.05, 4.69) is 5.32 Å². The highest BCUT2D eigenvalue weighted by Crippen LogP contribution is 2.47. The van der Waals surface area contributed by atoms with Crippen molar-refractivity contribution in [1.82, 2.24) is 5.32 Å². The summed E-state index contributed by atoms with van der Waals surface area (Å²) in [5.74, 6) is 0.0810. The molecule has 0 saturated carbocycles. The molecule has 0 unspecified atom stereocenters. The molecule has 0 aliphatic carbocycles. The highest BCUT2D eigenvalue weighted by atomic mass is 16.5. The van der Waals surface area contributed by atoms with Crippen LogP contribution in [0.3, 0.4) is 0 Å². The van der Waals surface area contributed by atoms with Gasteiger partial charge in [-0.3, -0.25) is 9.59 Å². The van der Waals surface area contributed by atoms with E-state index in [-0.39, 0.29) is 0 Å². The molecule has 0 radical (unpaired) electrons. The second-order valence-corrected chi connectivity index (χ2v) is 6.42. The molecule has 0 spiro atoms. The van der Waals surface area contributed by atoms with Gasteiger partial charge < -0.3 is 24.8 Å². The molecule has 1 heterocycles. The van der Waals surface area contributed by atoms with E-state index in [0.29, 0.717) is 28.3 Å². The highest BCUT2D eigenvalue weighted by Gasteiger charge is 2.56. The van der Waals surface area contributed by atoms with Gasteiger partial charge in [0.05, 0.1) is 14.2 Å². The Bertz CT molecular complexity index is 875. The highest BCUT2D eigenvalue weighted by molar-refractivity contribution is 6.09. The number of anilines is 1. The number of amides is 2. The third kappa shape index (κ3) is 2.90. The first-order valence-corrected chi connectivity index (χ1v) is 8.42. The molecule has 7 nitrogen and oxygen atoms in total. The van der Waals surface area contributed by atoms with Crippen molar-refractivity contribution < 1.29 is 24.2 Å². The van der Waals surface area contributed by atoms with Crippen LogP contribution in [0.1, 0.15) is 24.2 Å². The summed E-state index contributed by atoms with van der Waals surface area (Å²) in [6.45, 7) is 1.31. The fourth-order valence-corrected chi connectivity index (χ4v) is 3.56. The van der Waals surface area contributed by atoms with Gasteiger partial charge in [-0.15, -0.1) is 0 Å². The Morgan fingerprint density at radius 3 is 2.30 bits per heavy atom. The second-order valence-electron chi connectivity index (χ2n) is 6.42. The topological polar surface area (TPSA) is 88.1 Å². The molecular weight excluding hydrogens is 348 g/mol. The molecule has 0 bridgehead atoms. The zero-order chi connectivity index (χ0) is 19.8. The largest absolute Gasteiger partial charge is 0.497 e. The number of aliphatic hydroxyl groups excluding tert-OH is 1. The molecule has 2 atom stereocenters. The molecule has 2 aromatic rings. The van der Waals surface area contributed by atoms with Gasteiger partial charge in [-0.1, -0.05) is 18.2 Å². The molecule has 0 saturated heterocycles. The third-order valence-electron chi connectivity index (χ3n) is 4.81. The lowest BCUT2D eigenvalue weighted by atomic mass is 9.81. The van der Waals surface area contributed by atoms with Gasteiger partial charge in [-0.25, -0.2) is 0 Å². The zero-order valence-electron chi connectivity index (χ0n) is 15.6. The lowest BCUT2D eigenvalue weighted by Gasteiger charge is -2.34. The maximum Gasteiger partial charge on any atom is 0.260 e. The molecule has 1 aliphatic heterocycles. The second kappa shape index (κ2) is 6.92. The van der Waals surface area contributed by atoms with E-state index in [1.165, 1.54) is 26.0 Å². The summed E-state index contributed by atoms with van der Waals surface area (Å²) in [6.07, 6.45) is -1.36. The number of fused-ring (bicyclic) bond motifs is 1. The van der Waals surface area contributed by atoms with Crippen molar-refractivity contribution in [2.75, 3.05) is 26.2 Å². The standard InChI is InChI=1S/C20H22N2O5/c1-12(23)21-20(16-7-5-6-8-17(16)22(2)19(20)25)18(24)13-9-14(26-3)11-15(10-13)27-4/h5-11,18,24H,1-4H3,(H,21,23)/t18-,20+/m1/s1. The van der Waals surface area contributed by atoms with Gasteiger partial charge >= 0.3 is 0 Å². The van der Waals surface area contributed by atoms with Crippen molar-refractivity contribution in [3.05, 3.63) is 53.6 Å².